The summed E-state index contributed by atoms with van der Waals surface area (Å²) in [6.45, 7) is 2.31. The van der Waals surface area contributed by atoms with Crippen LogP contribution in [0.25, 0.3) is 0 Å². The summed E-state index contributed by atoms with van der Waals surface area (Å²) in [5, 5.41) is 4.83. The van der Waals surface area contributed by atoms with Crippen molar-refractivity contribution in [3.63, 3.8) is 0 Å². The average molecular weight is 455 g/mol. The Balaban J connectivity index is 2.37. The van der Waals surface area contributed by atoms with E-state index in [4.69, 9.17) is 16.3 Å². The van der Waals surface area contributed by atoms with Crippen LogP contribution < -0.4 is 10.6 Å². The Hall–Kier alpha value is -1.89. The van der Waals surface area contributed by atoms with E-state index in [-0.39, 0.29) is 36.8 Å². The van der Waals surface area contributed by atoms with E-state index in [0.717, 1.165) is 15.6 Å². The van der Waals surface area contributed by atoms with E-state index >= 15 is 0 Å². The number of quaternary nitrogens is 1. The number of alkyl halides is 1. The van der Waals surface area contributed by atoms with Gasteiger partial charge in [0.2, 0.25) is 5.91 Å². The van der Waals surface area contributed by atoms with Gasteiger partial charge >= 0.3 is 5.97 Å². The first-order valence-corrected chi connectivity index (χ1v) is 10.1. The number of hydrogen-bond donors (Lipinski definition) is 2. The van der Waals surface area contributed by atoms with Crippen LogP contribution in [-0.4, -0.2) is 30.9 Å². The maximum Gasteiger partial charge on any atom is 0.361 e. The highest BCUT2D eigenvalue weighted by Gasteiger charge is 2.23. The standard InChI is InChI=1S/C20H22BrClN2O3/c1-2-27-19(26)13-23-20(14-6-4-3-5-7-14)16-12-15(21)8-9-17(16)24-18(25)10-11-22/h3-9,12,20,23H,2,10-11,13H2,1H3,(H,24,25)/p+1/t20-/m0/s1. The van der Waals surface area contributed by atoms with E-state index < -0.39 is 0 Å². The third kappa shape index (κ3) is 6.65. The first kappa shape index (κ1) is 21.4. The predicted octanol–water partition coefficient (Wildman–Crippen LogP) is 3.23. The Morgan fingerprint density at radius 2 is 1.96 bits per heavy atom. The van der Waals surface area contributed by atoms with E-state index in [0.29, 0.717) is 12.3 Å². The van der Waals surface area contributed by atoms with Crippen LogP contribution >= 0.6 is 27.5 Å². The summed E-state index contributed by atoms with van der Waals surface area (Å²) in [4.78, 5) is 23.9. The Morgan fingerprint density at radius 3 is 2.63 bits per heavy atom. The van der Waals surface area contributed by atoms with Crippen molar-refractivity contribution in [1.82, 2.24) is 0 Å². The van der Waals surface area contributed by atoms with E-state index in [2.05, 4.69) is 21.2 Å². The molecule has 5 nitrogen and oxygen atoms in total. The second-order valence-electron chi connectivity index (χ2n) is 5.85. The number of amides is 1. The molecule has 144 valence electrons. The zero-order chi connectivity index (χ0) is 19.6. The molecular formula is C20H23BrClN2O3+. The lowest BCUT2D eigenvalue weighted by Gasteiger charge is -2.20. The van der Waals surface area contributed by atoms with Crippen LogP contribution in [0.5, 0.6) is 0 Å². The fourth-order valence-electron chi connectivity index (χ4n) is 2.74. The van der Waals surface area contributed by atoms with Crippen LogP contribution in [-0.2, 0) is 14.3 Å². The van der Waals surface area contributed by atoms with Crippen molar-refractivity contribution < 1.29 is 19.6 Å². The van der Waals surface area contributed by atoms with Gasteiger partial charge < -0.3 is 15.4 Å². The number of nitrogens with two attached hydrogens (primary N) is 1. The van der Waals surface area contributed by atoms with Gasteiger partial charge in [0.15, 0.2) is 6.54 Å². The van der Waals surface area contributed by atoms with Crippen LogP contribution in [0.15, 0.2) is 53.0 Å². The maximum absolute atomic E-state index is 12.1. The molecule has 0 fully saturated rings. The van der Waals surface area contributed by atoms with E-state index in [1.165, 1.54) is 0 Å². The Labute approximate surface area is 172 Å². The molecule has 0 unspecified atom stereocenters. The number of benzene rings is 2. The third-order valence-electron chi connectivity index (χ3n) is 3.93. The number of nitrogens with one attached hydrogen (secondary N) is 1. The van der Waals surface area contributed by atoms with Crippen molar-refractivity contribution >= 4 is 45.1 Å². The molecule has 0 bridgehead atoms. The fraction of sp³-hybridized carbons (Fsp3) is 0.300. The molecule has 0 aliphatic carbocycles. The highest BCUT2D eigenvalue weighted by atomic mass is 79.9. The molecule has 2 rings (SSSR count). The summed E-state index contributed by atoms with van der Waals surface area (Å²) in [6.07, 6.45) is 0.236. The van der Waals surface area contributed by atoms with Gasteiger partial charge in [-0.15, -0.1) is 11.6 Å². The monoisotopic (exact) mass is 453 g/mol. The molecular weight excluding hydrogens is 432 g/mol. The number of halogens is 2. The van der Waals surface area contributed by atoms with Gasteiger partial charge in [0, 0.05) is 27.9 Å². The highest BCUT2D eigenvalue weighted by molar-refractivity contribution is 9.10. The molecule has 1 atom stereocenters. The Bertz CT molecular complexity index is 771. The summed E-state index contributed by atoms with van der Waals surface area (Å²) >= 11 is 9.17. The summed E-state index contributed by atoms with van der Waals surface area (Å²) in [7, 11) is 0. The first-order valence-electron chi connectivity index (χ1n) is 8.74. The molecule has 2 aromatic carbocycles. The zero-order valence-corrected chi connectivity index (χ0v) is 17.4. The highest BCUT2D eigenvalue weighted by Crippen LogP contribution is 2.29. The number of esters is 1. The number of carbonyl (C=O) groups excluding carboxylic acids is 2. The summed E-state index contributed by atoms with van der Waals surface area (Å²) < 4.78 is 5.94. The van der Waals surface area contributed by atoms with Crippen LogP contribution in [0.2, 0.25) is 0 Å². The van der Waals surface area contributed by atoms with Crippen molar-refractivity contribution in [2.45, 2.75) is 19.4 Å². The molecule has 0 aromatic heterocycles. The second kappa shape index (κ2) is 11.1. The molecule has 0 aliphatic heterocycles. The fourth-order valence-corrected chi connectivity index (χ4v) is 3.29. The number of hydrogen-bond acceptors (Lipinski definition) is 3. The Kier molecular flexibility index (Phi) is 8.78. The minimum Gasteiger partial charge on any atom is -0.462 e. The van der Waals surface area contributed by atoms with Crippen LogP contribution in [0.4, 0.5) is 5.69 Å². The maximum atomic E-state index is 12.1. The van der Waals surface area contributed by atoms with Gasteiger partial charge in [-0.3, -0.25) is 4.79 Å². The molecule has 27 heavy (non-hydrogen) atoms. The number of anilines is 1. The minimum absolute atomic E-state index is 0.147. The van der Waals surface area contributed by atoms with Crippen LogP contribution in [0.3, 0.4) is 0 Å². The molecule has 3 N–H and O–H groups in total. The summed E-state index contributed by atoms with van der Waals surface area (Å²) in [5.41, 5.74) is 2.61. The SMILES string of the molecule is CCOC(=O)C[NH2+][C@@H](c1ccccc1)c1cc(Br)ccc1NC(=O)CCCl. The van der Waals surface area contributed by atoms with Gasteiger partial charge in [-0.05, 0) is 25.1 Å². The van der Waals surface area contributed by atoms with Gasteiger partial charge in [0.05, 0.1) is 12.3 Å². The Morgan fingerprint density at radius 1 is 1.22 bits per heavy atom. The van der Waals surface area contributed by atoms with Crippen molar-refractivity contribution in [2.75, 3.05) is 24.3 Å². The van der Waals surface area contributed by atoms with Crippen molar-refractivity contribution in [3.8, 4) is 0 Å². The van der Waals surface area contributed by atoms with Gasteiger partial charge in [0.1, 0.15) is 6.04 Å². The van der Waals surface area contributed by atoms with Gasteiger partial charge in [0.25, 0.3) is 0 Å². The smallest absolute Gasteiger partial charge is 0.361 e. The van der Waals surface area contributed by atoms with Gasteiger partial charge in [-0.2, -0.15) is 0 Å². The van der Waals surface area contributed by atoms with Crippen molar-refractivity contribution in [1.29, 1.82) is 0 Å². The summed E-state index contributed by atoms with van der Waals surface area (Å²) in [5.74, 6) is -0.165. The lowest BCUT2D eigenvalue weighted by Crippen LogP contribution is -2.87. The lowest BCUT2D eigenvalue weighted by molar-refractivity contribution is -0.677. The zero-order valence-electron chi connectivity index (χ0n) is 15.1. The second-order valence-corrected chi connectivity index (χ2v) is 7.15. The quantitative estimate of drug-likeness (QED) is 0.451. The molecule has 0 spiro atoms. The molecule has 1 amide bonds. The van der Waals surface area contributed by atoms with Crippen LogP contribution in [0.1, 0.15) is 30.5 Å². The average Bonchev–Trinajstić information content (AvgIpc) is 2.65. The molecule has 2 aromatic rings. The van der Waals surface area contributed by atoms with Crippen molar-refractivity contribution in [2.24, 2.45) is 0 Å². The summed E-state index contributed by atoms with van der Waals surface area (Å²) in [6, 6.07) is 15.3. The third-order valence-corrected chi connectivity index (χ3v) is 4.61. The normalized spacial score (nSPS) is 11.7. The largest absolute Gasteiger partial charge is 0.462 e. The van der Waals surface area contributed by atoms with Crippen LogP contribution in [0, 0.1) is 0 Å². The molecule has 0 heterocycles. The topological polar surface area (TPSA) is 72.0 Å². The lowest BCUT2D eigenvalue weighted by atomic mass is 9.97. The predicted molar refractivity (Wildman–Crippen MR) is 110 cm³/mol. The van der Waals surface area contributed by atoms with Gasteiger partial charge in [-0.1, -0.05) is 46.3 Å². The molecule has 7 heteroatoms. The number of ether oxygens (including phenoxy) is 1. The molecule has 0 radical (unpaired) electrons. The minimum atomic E-state index is -0.277. The van der Waals surface area contributed by atoms with Crippen molar-refractivity contribution in [3.05, 3.63) is 64.1 Å². The molecule has 0 saturated carbocycles. The van der Waals surface area contributed by atoms with Gasteiger partial charge in [-0.25, -0.2) is 4.79 Å². The number of carbonyl (C=O) groups is 2. The van der Waals surface area contributed by atoms with E-state index in [1.807, 2.05) is 53.8 Å². The van der Waals surface area contributed by atoms with E-state index in [1.54, 1.807) is 6.92 Å². The van der Waals surface area contributed by atoms with E-state index in [9.17, 15) is 9.59 Å². The molecule has 0 aliphatic rings. The number of rotatable bonds is 9. The first-order chi connectivity index (χ1) is 13.0. The molecule has 0 saturated heterocycles.